The highest BCUT2D eigenvalue weighted by Crippen LogP contribution is 2.48. The van der Waals surface area contributed by atoms with Crippen molar-refractivity contribution in [1.82, 2.24) is 5.32 Å². The van der Waals surface area contributed by atoms with Gasteiger partial charge in [0.1, 0.15) is 0 Å². The Morgan fingerprint density at radius 1 is 1.33 bits per heavy atom. The van der Waals surface area contributed by atoms with Crippen molar-refractivity contribution in [3.05, 3.63) is 34.9 Å². The number of aliphatic hydroxyl groups is 1. The number of hydrogen-bond donors (Lipinski definition) is 2. The van der Waals surface area contributed by atoms with Gasteiger partial charge in [-0.1, -0.05) is 37.1 Å². The summed E-state index contributed by atoms with van der Waals surface area (Å²) < 4.78 is 0. The minimum absolute atomic E-state index is 0.182. The van der Waals surface area contributed by atoms with Crippen LogP contribution in [-0.4, -0.2) is 24.3 Å². The van der Waals surface area contributed by atoms with E-state index in [1.54, 1.807) is 0 Å². The van der Waals surface area contributed by atoms with Crippen molar-refractivity contribution in [3.63, 3.8) is 0 Å². The summed E-state index contributed by atoms with van der Waals surface area (Å²) in [5.74, 6) is 1.01. The Bertz CT molecular complexity index is 469. The molecule has 2 nitrogen and oxygen atoms in total. The van der Waals surface area contributed by atoms with E-state index in [0.29, 0.717) is 11.8 Å². The van der Waals surface area contributed by atoms with Gasteiger partial charge in [-0.25, -0.2) is 0 Å². The summed E-state index contributed by atoms with van der Waals surface area (Å²) >= 11 is 6.01. The van der Waals surface area contributed by atoms with E-state index >= 15 is 0 Å². The summed E-state index contributed by atoms with van der Waals surface area (Å²) in [6.45, 7) is 4.33. The van der Waals surface area contributed by atoms with E-state index in [0.717, 1.165) is 24.5 Å². The summed E-state index contributed by atoms with van der Waals surface area (Å²) in [5, 5.41) is 15.0. The standard InChI is InChI=1S/C18H26ClNO/c1-13-7-10-20-12-16(13)17(21)11-18(8-2-9-18)14-3-5-15(19)6-4-14/h3-6,13,16-17,20-21H,2,7-12H2,1H3/t13-,16+,17?/m0/s1. The lowest BCUT2D eigenvalue weighted by molar-refractivity contribution is 0.0200. The predicted octanol–water partition coefficient (Wildman–Crippen LogP) is 3.76. The average molecular weight is 308 g/mol. The maximum atomic E-state index is 10.8. The van der Waals surface area contributed by atoms with Crippen molar-refractivity contribution in [3.8, 4) is 0 Å². The Hall–Kier alpha value is -0.570. The molecule has 1 saturated heterocycles. The molecule has 1 aliphatic carbocycles. The molecule has 2 aliphatic rings. The van der Waals surface area contributed by atoms with Crippen LogP contribution in [0.5, 0.6) is 0 Å². The Kier molecular flexibility index (Phi) is 4.58. The van der Waals surface area contributed by atoms with E-state index in [1.165, 1.54) is 31.2 Å². The molecule has 1 aromatic carbocycles. The number of benzene rings is 1. The van der Waals surface area contributed by atoms with Crippen LogP contribution in [0.25, 0.3) is 0 Å². The van der Waals surface area contributed by atoms with Crippen molar-refractivity contribution in [2.75, 3.05) is 13.1 Å². The Morgan fingerprint density at radius 2 is 2.05 bits per heavy atom. The van der Waals surface area contributed by atoms with Gasteiger partial charge in [0.05, 0.1) is 6.10 Å². The zero-order valence-corrected chi connectivity index (χ0v) is 13.6. The molecule has 2 N–H and O–H groups in total. The van der Waals surface area contributed by atoms with Gasteiger partial charge in [0.2, 0.25) is 0 Å². The second-order valence-corrected chi connectivity index (χ2v) is 7.48. The summed E-state index contributed by atoms with van der Waals surface area (Å²) in [7, 11) is 0. The van der Waals surface area contributed by atoms with E-state index in [2.05, 4.69) is 24.4 Å². The molecule has 1 saturated carbocycles. The van der Waals surface area contributed by atoms with Crippen LogP contribution in [0.4, 0.5) is 0 Å². The van der Waals surface area contributed by atoms with Crippen LogP contribution in [0, 0.1) is 11.8 Å². The molecule has 116 valence electrons. The first-order chi connectivity index (χ1) is 10.1. The van der Waals surface area contributed by atoms with Gasteiger partial charge < -0.3 is 10.4 Å². The minimum Gasteiger partial charge on any atom is -0.393 e. The SMILES string of the molecule is C[C@H]1CCNC[C@H]1C(O)CC1(c2ccc(Cl)cc2)CCC1. The van der Waals surface area contributed by atoms with Crippen molar-refractivity contribution in [1.29, 1.82) is 0 Å². The van der Waals surface area contributed by atoms with Crippen molar-refractivity contribution in [2.45, 2.75) is 50.5 Å². The van der Waals surface area contributed by atoms with Gasteiger partial charge in [0.25, 0.3) is 0 Å². The van der Waals surface area contributed by atoms with Gasteiger partial charge in [-0.05, 0) is 67.2 Å². The van der Waals surface area contributed by atoms with Crippen LogP contribution in [0.15, 0.2) is 24.3 Å². The van der Waals surface area contributed by atoms with Gasteiger partial charge in [-0.3, -0.25) is 0 Å². The number of aliphatic hydroxyl groups excluding tert-OH is 1. The number of piperidine rings is 1. The molecule has 0 aromatic heterocycles. The molecule has 1 aliphatic heterocycles. The quantitative estimate of drug-likeness (QED) is 0.888. The van der Waals surface area contributed by atoms with Crippen LogP contribution in [0.2, 0.25) is 5.02 Å². The van der Waals surface area contributed by atoms with Gasteiger partial charge in [-0.2, -0.15) is 0 Å². The van der Waals surface area contributed by atoms with Crippen molar-refractivity contribution in [2.24, 2.45) is 11.8 Å². The van der Waals surface area contributed by atoms with E-state index < -0.39 is 0 Å². The lowest BCUT2D eigenvalue weighted by Crippen LogP contribution is -2.46. The second-order valence-electron chi connectivity index (χ2n) is 7.05. The fourth-order valence-corrected chi connectivity index (χ4v) is 4.22. The van der Waals surface area contributed by atoms with Gasteiger partial charge in [-0.15, -0.1) is 0 Å². The Labute approximate surface area is 132 Å². The largest absolute Gasteiger partial charge is 0.393 e. The van der Waals surface area contributed by atoms with Crippen LogP contribution in [0.1, 0.15) is 44.6 Å². The number of nitrogens with one attached hydrogen (secondary N) is 1. The van der Waals surface area contributed by atoms with Crippen LogP contribution in [0.3, 0.4) is 0 Å². The first kappa shape index (κ1) is 15.3. The molecule has 0 radical (unpaired) electrons. The highest BCUT2D eigenvalue weighted by Gasteiger charge is 2.42. The Morgan fingerprint density at radius 3 is 2.62 bits per heavy atom. The van der Waals surface area contributed by atoms with Gasteiger partial charge in [0, 0.05) is 11.6 Å². The fraction of sp³-hybridized carbons (Fsp3) is 0.667. The third kappa shape index (κ3) is 3.13. The molecule has 3 atom stereocenters. The maximum Gasteiger partial charge on any atom is 0.0591 e. The first-order valence-corrected chi connectivity index (χ1v) is 8.63. The normalized spacial score (nSPS) is 29.7. The summed E-state index contributed by atoms with van der Waals surface area (Å²) in [6, 6.07) is 8.26. The smallest absolute Gasteiger partial charge is 0.0591 e. The molecule has 3 rings (SSSR count). The van der Waals surface area contributed by atoms with Crippen molar-refractivity contribution >= 4 is 11.6 Å². The molecule has 0 spiro atoms. The molecule has 0 bridgehead atoms. The zero-order valence-electron chi connectivity index (χ0n) is 12.8. The third-order valence-electron chi connectivity index (χ3n) is 5.75. The topological polar surface area (TPSA) is 32.3 Å². The maximum absolute atomic E-state index is 10.8. The molecule has 21 heavy (non-hydrogen) atoms. The molecule has 3 heteroatoms. The van der Waals surface area contributed by atoms with Crippen LogP contribution in [-0.2, 0) is 5.41 Å². The van der Waals surface area contributed by atoms with E-state index in [9.17, 15) is 5.11 Å². The van der Waals surface area contributed by atoms with Crippen LogP contribution < -0.4 is 5.32 Å². The number of rotatable bonds is 4. The van der Waals surface area contributed by atoms with E-state index in [-0.39, 0.29) is 11.5 Å². The zero-order chi connectivity index (χ0) is 14.9. The third-order valence-corrected chi connectivity index (χ3v) is 6.00. The summed E-state index contributed by atoms with van der Waals surface area (Å²) in [5.41, 5.74) is 1.54. The molecule has 2 fully saturated rings. The number of hydrogen-bond acceptors (Lipinski definition) is 2. The molecular weight excluding hydrogens is 282 g/mol. The van der Waals surface area contributed by atoms with Gasteiger partial charge in [0.15, 0.2) is 0 Å². The van der Waals surface area contributed by atoms with E-state index in [4.69, 9.17) is 11.6 Å². The molecular formula is C18H26ClNO. The molecule has 1 unspecified atom stereocenters. The average Bonchev–Trinajstić information content (AvgIpc) is 2.44. The highest BCUT2D eigenvalue weighted by atomic mass is 35.5. The fourth-order valence-electron chi connectivity index (χ4n) is 4.10. The summed E-state index contributed by atoms with van der Waals surface area (Å²) in [6.07, 6.45) is 5.53. The van der Waals surface area contributed by atoms with Crippen LogP contribution >= 0.6 is 11.6 Å². The molecule has 1 heterocycles. The first-order valence-electron chi connectivity index (χ1n) is 8.26. The lowest BCUT2D eigenvalue weighted by Gasteiger charge is -2.46. The Balaban J connectivity index is 1.73. The lowest BCUT2D eigenvalue weighted by atomic mass is 9.60. The van der Waals surface area contributed by atoms with Crippen molar-refractivity contribution < 1.29 is 5.11 Å². The predicted molar refractivity (Wildman–Crippen MR) is 87.7 cm³/mol. The highest BCUT2D eigenvalue weighted by molar-refractivity contribution is 6.30. The summed E-state index contributed by atoms with van der Waals surface area (Å²) in [4.78, 5) is 0. The van der Waals surface area contributed by atoms with Gasteiger partial charge >= 0.3 is 0 Å². The van der Waals surface area contributed by atoms with E-state index in [1.807, 2.05) is 12.1 Å². The second kappa shape index (κ2) is 6.28. The monoisotopic (exact) mass is 307 g/mol. The minimum atomic E-state index is -0.205. The number of halogens is 1. The molecule has 0 amide bonds. The molecule has 1 aromatic rings.